The molecule has 14 heavy (non-hydrogen) atoms. The summed E-state index contributed by atoms with van der Waals surface area (Å²) in [7, 11) is 0. The first-order valence-electron chi connectivity index (χ1n) is 5.14. The number of ether oxygens (including phenoxy) is 1. The van der Waals surface area contributed by atoms with Crippen LogP contribution in [0.2, 0.25) is 0 Å². The van der Waals surface area contributed by atoms with Gasteiger partial charge in [0.25, 0.3) is 0 Å². The lowest BCUT2D eigenvalue weighted by Crippen LogP contribution is -2.44. The SMILES string of the molecule is c1csc(C2(NC3CC3)CCOC2)n1. The minimum Gasteiger partial charge on any atom is -0.379 e. The van der Waals surface area contributed by atoms with Crippen molar-refractivity contribution in [3.8, 4) is 0 Å². The van der Waals surface area contributed by atoms with Crippen LogP contribution in [0.3, 0.4) is 0 Å². The van der Waals surface area contributed by atoms with Gasteiger partial charge >= 0.3 is 0 Å². The molecule has 2 aliphatic rings. The Hall–Kier alpha value is -0.450. The summed E-state index contributed by atoms with van der Waals surface area (Å²) in [6.45, 7) is 1.65. The van der Waals surface area contributed by atoms with E-state index in [1.54, 1.807) is 11.3 Å². The predicted molar refractivity (Wildman–Crippen MR) is 55.4 cm³/mol. The lowest BCUT2D eigenvalue weighted by molar-refractivity contribution is 0.165. The van der Waals surface area contributed by atoms with Crippen LogP contribution >= 0.6 is 11.3 Å². The van der Waals surface area contributed by atoms with Crippen LogP contribution in [-0.2, 0) is 10.3 Å². The first-order valence-corrected chi connectivity index (χ1v) is 6.02. The van der Waals surface area contributed by atoms with Gasteiger partial charge in [-0.2, -0.15) is 0 Å². The first-order chi connectivity index (χ1) is 6.89. The summed E-state index contributed by atoms with van der Waals surface area (Å²) in [6.07, 6.45) is 5.58. The Kier molecular flexibility index (Phi) is 2.08. The largest absolute Gasteiger partial charge is 0.379 e. The summed E-state index contributed by atoms with van der Waals surface area (Å²) < 4.78 is 5.52. The zero-order valence-corrected chi connectivity index (χ0v) is 8.85. The molecule has 0 bridgehead atoms. The van der Waals surface area contributed by atoms with Crippen LogP contribution in [0.25, 0.3) is 0 Å². The maximum absolute atomic E-state index is 5.52. The van der Waals surface area contributed by atoms with E-state index in [-0.39, 0.29) is 5.54 Å². The van der Waals surface area contributed by atoms with Gasteiger partial charge in [0.05, 0.1) is 12.1 Å². The molecular weight excluding hydrogens is 196 g/mol. The fourth-order valence-electron chi connectivity index (χ4n) is 1.99. The molecule has 2 fully saturated rings. The smallest absolute Gasteiger partial charge is 0.115 e. The molecule has 1 atom stereocenters. The Labute approximate surface area is 87.5 Å². The van der Waals surface area contributed by atoms with Crippen molar-refractivity contribution in [2.45, 2.75) is 30.8 Å². The molecule has 1 aromatic heterocycles. The van der Waals surface area contributed by atoms with Gasteiger partial charge < -0.3 is 10.1 Å². The quantitative estimate of drug-likeness (QED) is 0.821. The van der Waals surface area contributed by atoms with Crippen molar-refractivity contribution in [1.82, 2.24) is 10.3 Å². The summed E-state index contributed by atoms with van der Waals surface area (Å²) in [5, 5.41) is 6.93. The summed E-state index contributed by atoms with van der Waals surface area (Å²) in [5.74, 6) is 0. The fourth-order valence-corrected chi connectivity index (χ4v) is 2.81. The summed E-state index contributed by atoms with van der Waals surface area (Å²) in [4.78, 5) is 4.43. The van der Waals surface area contributed by atoms with Crippen molar-refractivity contribution >= 4 is 11.3 Å². The van der Waals surface area contributed by atoms with Crippen LogP contribution < -0.4 is 5.32 Å². The van der Waals surface area contributed by atoms with E-state index in [2.05, 4.69) is 10.3 Å². The van der Waals surface area contributed by atoms with E-state index in [1.165, 1.54) is 17.8 Å². The average Bonchev–Trinajstić information content (AvgIpc) is 2.74. The zero-order valence-electron chi connectivity index (χ0n) is 8.03. The Bertz CT molecular complexity index is 302. The molecule has 0 aromatic carbocycles. The van der Waals surface area contributed by atoms with Gasteiger partial charge in [-0.05, 0) is 19.3 Å². The van der Waals surface area contributed by atoms with Crippen LogP contribution in [0.4, 0.5) is 0 Å². The number of aromatic nitrogens is 1. The number of hydrogen-bond donors (Lipinski definition) is 1. The number of rotatable bonds is 3. The Balaban J connectivity index is 1.86. The highest BCUT2D eigenvalue weighted by Gasteiger charge is 2.42. The van der Waals surface area contributed by atoms with Crippen molar-refractivity contribution in [3.63, 3.8) is 0 Å². The lowest BCUT2D eigenvalue weighted by atomic mass is 9.99. The predicted octanol–water partition coefficient (Wildman–Crippen LogP) is 1.51. The Morgan fingerprint density at radius 2 is 2.50 bits per heavy atom. The molecule has 1 aliphatic heterocycles. The Morgan fingerprint density at radius 1 is 1.57 bits per heavy atom. The van der Waals surface area contributed by atoms with Gasteiger partial charge in [0.1, 0.15) is 5.01 Å². The third-order valence-electron chi connectivity index (χ3n) is 2.92. The molecular formula is C10H14N2OS. The second kappa shape index (κ2) is 3.29. The molecule has 4 heteroatoms. The molecule has 1 N–H and O–H groups in total. The molecule has 1 saturated heterocycles. The van der Waals surface area contributed by atoms with Gasteiger partial charge in [-0.3, -0.25) is 0 Å². The van der Waals surface area contributed by atoms with E-state index < -0.39 is 0 Å². The first kappa shape index (κ1) is 8.83. The average molecular weight is 210 g/mol. The van der Waals surface area contributed by atoms with Gasteiger partial charge in [-0.25, -0.2) is 4.98 Å². The summed E-state index contributed by atoms with van der Waals surface area (Å²) in [5.41, 5.74) is 0.0370. The van der Waals surface area contributed by atoms with Crippen LogP contribution in [0.15, 0.2) is 11.6 Å². The van der Waals surface area contributed by atoms with E-state index in [0.29, 0.717) is 6.04 Å². The molecule has 0 amide bonds. The molecule has 76 valence electrons. The van der Waals surface area contributed by atoms with Crippen molar-refractivity contribution in [3.05, 3.63) is 16.6 Å². The second-order valence-electron chi connectivity index (χ2n) is 4.14. The second-order valence-corrected chi connectivity index (χ2v) is 5.04. The van der Waals surface area contributed by atoms with Crippen molar-refractivity contribution in [1.29, 1.82) is 0 Å². The molecule has 0 radical (unpaired) electrons. The van der Waals surface area contributed by atoms with E-state index in [9.17, 15) is 0 Å². The Morgan fingerprint density at radius 3 is 3.07 bits per heavy atom. The molecule has 1 unspecified atom stereocenters. The van der Waals surface area contributed by atoms with Crippen molar-refractivity contribution < 1.29 is 4.74 Å². The van der Waals surface area contributed by atoms with Gasteiger partial charge in [0.15, 0.2) is 0 Å². The molecule has 1 aromatic rings. The van der Waals surface area contributed by atoms with E-state index in [4.69, 9.17) is 4.74 Å². The highest BCUT2D eigenvalue weighted by atomic mass is 32.1. The monoisotopic (exact) mass is 210 g/mol. The number of thiazole rings is 1. The number of hydrogen-bond acceptors (Lipinski definition) is 4. The summed E-state index contributed by atoms with van der Waals surface area (Å²) >= 11 is 1.74. The molecule has 3 rings (SSSR count). The molecule has 1 aliphatic carbocycles. The fraction of sp³-hybridized carbons (Fsp3) is 0.700. The third kappa shape index (κ3) is 1.47. The topological polar surface area (TPSA) is 34.1 Å². The third-order valence-corrected chi connectivity index (χ3v) is 3.90. The van der Waals surface area contributed by atoms with Gasteiger partial charge in [-0.1, -0.05) is 0 Å². The van der Waals surface area contributed by atoms with E-state index in [1.807, 2.05) is 11.6 Å². The van der Waals surface area contributed by atoms with Gasteiger partial charge in [0.2, 0.25) is 0 Å². The molecule has 1 saturated carbocycles. The molecule has 3 nitrogen and oxygen atoms in total. The van der Waals surface area contributed by atoms with Gasteiger partial charge in [0, 0.05) is 24.2 Å². The van der Waals surface area contributed by atoms with E-state index >= 15 is 0 Å². The van der Waals surface area contributed by atoms with Crippen LogP contribution in [0.5, 0.6) is 0 Å². The van der Waals surface area contributed by atoms with Crippen molar-refractivity contribution in [2.75, 3.05) is 13.2 Å². The summed E-state index contributed by atoms with van der Waals surface area (Å²) in [6, 6.07) is 0.709. The zero-order chi connectivity index (χ0) is 9.43. The minimum absolute atomic E-state index is 0.0370. The number of nitrogens with zero attached hydrogens (tertiary/aromatic N) is 1. The van der Waals surface area contributed by atoms with Crippen LogP contribution in [0.1, 0.15) is 24.3 Å². The van der Waals surface area contributed by atoms with Gasteiger partial charge in [-0.15, -0.1) is 11.3 Å². The molecule has 0 spiro atoms. The highest BCUT2D eigenvalue weighted by molar-refractivity contribution is 7.09. The van der Waals surface area contributed by atoms with E-state index in [0.717, 1.165) is 19.6 Å². The normalized spacial score (nSPS) is 32.3. The van der Waals surface area contributed by atoms with Crippen LogP contribution in [-0.4, -0.2) is 24.2 Å². The lowest BCUT2D eigenvalue weighted by Gasteiger charge is -2.26. The maximum Gasteiger partial charge on any atom is 0.115 e. The molecule has 2 heterocycles. The number of nitrogens with one attached hydrogen (secondary N) is 1. The highest BCUT2D eigenvalue weighted by Crippen LogP contribution is 2.35. The van der Waals surface area contributed by atoms with Crippen molar-refractivity contribution in [2.24, 2.45) is 0 Å². The minimum atomic E-state index is 0.0370. The maximum atomic E-state index is 5.52. The van der Waals surface area contributed by atoms with Crippen LogP contribution in [0, 0.1) is 0 Å². The standard InChI is InChI=1S/C10H14N2OS/c1-2-8(1)12-10(3-5-13-7-10)9-11-4-6-14-9/h4,6,8,12H,1-3,5,7H2.